The van der Waals surface area contributed by atoms with Crippen LogP contribution in [0.25, 0.3) is 6.08 Å². The molecule has 4 rings (SSSR count). The van der Waals surface area contributed by atoms with Crippen LogP contribution in [0.4, 0.5) is 18.9 Å². The summed E-state index contributed by atoms with van der Waals surface area (Å²) < 4.78 is 45.4. The molecule has 0 saturated carbocycles. The molecular weight excluding hydrogens is 473 g/mol. The van der Waals surface area contributed by atoms with Crippen LogP contribution in [0.5, 0.6) is 5.75 Å². The number of benzene rings is 2. The Kier molecular flexibility index (Phi) is 7.71. The van der Waals surface area contributed by atoms with Crippen LogP contribution >= 0.6 is 11.8 Å². The summed E-state index contributed by atoms with van der Waals surface area (Å²) in [5.74, 6) is 2.35. The SMILES string of the molecule is C[N+](C)(Cc1ccc(NC(=O)C2=Cc3cc(C(F)(F)F)ccc3OC2)cc1)C1CCSC1.[Cl-]. The van der Waals surface area contributed by atoms with Gasteiger partial charge in [-0.25, -0.2) is 0 Å². The molecule has 0 radical (unpaired) electrons. The summed E-state index contributed by atoms with van der Waals surface area (Å²) in [7, 11) is 4.51. The first-order chi connectivity index (χ1) is 15.1. The van der Waals surface area contributed by atoms with Crippen molar-refractivity contribution in [2.24, 2.45) is 0 Å². The predicted octanol–water partition coefficient (Wildman–Crippen LogP) is 2.21. The second kappa shape index (κ2) is 9.99. The van der Waals surface area contributed by atoms with E-state index in [9.17, 15) is 18.0 Å². The fourth-order valence-corrected chi connectivity index (χ4v) is 5.51. The summed E-state index contributed by atoms with van der Waals surface area (Å²) in [5, 5.41) is 2.81. The second-order valence-corrected chi connectivity index (χ2v) is 9.96. The van der Waals surface area contributed by atoms with E-state index in [1.54, 1.807) is 0 Å². The summed E-state index contributed by atoms with van der Waals surface area (Å²) in [4.78, 5) is 12.7. The van der Waals surface area contributed by atoms with Crippen molar-refractivity contribution in [3.05, 3.63) is 64.7 Å². The lowest BCUT2D eigenvalue weighted by Crippen LogP contribution is -3.00. The molecule has 33 heavy (non-hydrogen) atoms. The molecule has 2 aromatic carbocycles. The van der Waals surface area contributed by atoms with Crippen molar-refractivity contribution in [2.75, 3.05) is 37.5 Å². The van der Waals surface area contributed by atoms with Gasteiger partial charge in [-0.1, -0.05) is 12.1 Å². The van der Waals surface area contributed by atoms with Gasteiger partial charge >= 0.3 is 6.18 Å². The summed E-state index contributed by atoms with van der Waals surface area (Å²) in [5.41, 5.74) is 1.58. The van der Waals surface area contributed by atoms with E-state index in [4.69, 9.17) is 4.74 Å². The molecule has 0 aromatic heterocycles. The third-order valence-electron chi connectivity index (χ3n) is 6.04. The fraction of sp³-hybridized carbons (Fsp3) is 0.375. The lowest BCUT2D eigenvalue weighted by molar-refractivity contribution is -0.924. The Morgan fingerprint density at radius 3 is 2.55 bits per heavy atom. The number of thioether (sulfide) groups is 1. The molecule has 1 N–H and O–H groups in total. The third-order valence-corrected chi connectivity index (χ3v) is 7.18. The summed E-state index contributed by atoms with van der Waals surface area (Å²) in [6.07, 6.45) is -1.76. The lowest BCUT2D eigenvalue weighted by atomic mass is 10.0. The number of ether oxygens (including phenoxy) is 1. The standard InChI is InChI=1S/C24H25F3N2O2S.ClH/c1-29(2,21-9-10-32-15-21)13-16-3-6-20(7-4-16)28-23(30)18-11-17-12-19(24(25,26)27)5-8-22(17)31-14-18;/h3-8,11-12,21H,9-10,13-15H2,1-2H3;1H. The minimum Gasteiger partial charge on any atom is -1.00 e. The molecule has 1 fully saturated rings. The number of hydrogen-bond acceptors (Lipinski definition) is 3. The number of carbonyl (C=O) groups is 1. The van der Waals surface area contributed by atoms with Crippen molar-refractivity contribution >= 4 is 29.4 Å². The third kappa shape index (κ3) is 6.05. The van der Waals surface area contributed by atoms with Gasteiger partial charge in [-0.15, -0.1) is 0 Å². The number of carbonyl (C=O) groups excluding carboxylic acids is 1. The fourth-order valence-electron chi connectivity index (χ4n) is 4.06. The van der Waals surface area contributed by atoms with Crippen LogP contribution in [-0.4, -0.2) is 48.6 Å². The zero-order valence-electron chi connectivity index (χ0n) is 18.4. The van der Waals surface area contributed by atoms with E-state index in [0.717, 1.165) is 23.2 Å². The number of halogens is 4. The molecule has 178 valence electrons. The zero-order chi connectivity index (χ0) is 22.9. The van der Waals surface area contributed by atoms with Crippen molar-refractivity contribution in [3.8, 4) is 5.75 Å². The first kappa shape index (κ1) is 25.5. The molecule has 2 aliphatic heterocycles. The van der Waals surface area contributed by atoms with Crippen LogP contribution in [0.15, 0.2) is 48.0 Å². The number of alkyl halides is 3. The minimum atomic E-state index is -4.45. The van der Waals surface area contributed by atoms with Gasteiger partial charge in [-0.05, 0) is 42.2 Å². The molecule has 2 heterocycles. The van der Waals surface area contributed by atoms with Crippen molar-refractivity contribution in [2.45, 2.75) is 25.2 Å². The Morgan fingerprint density at radius 1 is 1.18 bits per heavy atom. The number of rotatable bonds is 5. The Bertz CT molecular complexity index is 1030. The summed E-state index contributed by atoms with van der Waals surface area (Å²) in [6, 6.07) is 11.6. The van der Waals surface area contributed by atoms with Gasteiger partial charge in [0.2, 0.25) is 0 Å². The number of anilines is 1. The van der Waals surface area contributed by atoms with E-state index < -0.39 is 11.7 Å². The second-order valence-electron chi connectivity index (χ2n) is 8.81. The number of fused-ring (bicyclic) bond motifs is 1. The highest BCUT2D eigenvalue weighted by atomic mass is 35.5. The maximum absolute atomic E-state index is 13.0. The zero-order valence-corrected chi connectivity index (χ0v) is 20.0. The molecule has 2 aliphatic rings. The first-order valence-electron chi connectivity index (χ1n) is 10.5. The van der Waals surface area contributed by atoms with Gasteiger partial charge in [0.25, 0.3) is 5.91 Å². The number of hydrogen-bond donors (Lipinski definition) is 1. The molecule has 9 heteroatoms. The van der Waals surface area contributed by atoms with Crippen molar-refractivity contribution < 1.29 is 39.6 Å². The van der Waals surface area contributed by atoms with E-state index in [2.05, 4.69) is 19.4 Å². The summed E-state index contributed by atoms with van der Waals surface area (Å²) >= 11 is 2.01. The molecule has 2 aromatic rings. The van der Waals surface area contributed by atoms with Gasteiger partial charge in [-0.3, -0.25) is 4.79 Å². The molecule has 4 nitrogen and oxygen atoms in total. The Morgan fingerprint density at radius 2 is 1.91 bits per heavy atom. The highest BCUT2D eigenvalue weighted by molar-refractivity contribution is 7.99. The van der Waals surface area contributed by atoms with E-state index in [-0.39, 0.29) is 36.1 Å². The lowest BCUT2D eigenvalue weighted by Gasteiger charge is -2.35. The van der Waals surface area contributed by atoms with Crippen molar-refractivity contribution in [1.29, 1.82) is 0 Å². The molecule has 0 spiro atoms. The molecule has 1 atom stereocenters. The van der Waals surface area contributed by atoms with Crippen molar-refractivity contribution in [3.63, 3.8) is 0 Å². The quantitative estimate of drug-likeness (QED) is 0.642. The smallest absolute Gasteiger partial charge is 0.416 e. The molecule has 1 saturated heterocycles. The minimum absolute atomic E-state index is 0. The van der Waals surface area contributed by atoms with Gasteiger partial charge < -0.3 is 26.9 Å². The van der Waals surface area contributed by atoms with Gasteiger partial charge in [-0.2, -0.15) is 24.9 Å². The molecule has 1 amide bonds. The average Bonchev–Trinajstić information content (AvgIpc) is 3.29. The van der Waals surface area contributed by atoms with Crippen LogP contribution in [0, 0.1) is 0 Å². The van der Waals surface area contributed by atoms with E-state index in [0.29, 0.717) is 17.5 Å². The van der Waals surface area contributed by atoms with Gasteiger partial charge in [0.05, 0.1) is 31.3 Å². The maximum Gasteiger partial charge on any atom is 0.416 e. The normalized spacial score (nSPS) is 18.0. The highest BCUT2D eigenvalue weighted by Crippen LogP contribution is 2.35. The highest BCUT2D eigenvalue weighted by Gasteiger charge is 2.32. The Hall–Kier alpha value is -2.16. The molecule has 0 aliphatic carbocycles. The van der Waals surface area contributed by atoms with E-state index in [1.807, 2.05) is 36.0 Å². The number of amides is 1. The van der Waals surface area contributed by atoms with Crippen LogP contribution in [-0.2, 0) is 17.5 Å². The van der Waals surface area contributed by atoms with E-state index in [1.165, 1.54) is 35.6 Å². The maximum atomic E-state index is 13.0. The van der Waals surface area contributed by atoms with Crippen molar-refractivity contribution in [1.82, 2.24) is 0 Å². The summed E-state index contributed by atoms with van der Waals surface area (Å²) in [6.45, 7) is 0.921. The van der Waals surface area contributed by atoms with Crippen LogP contribution in [0.1, 0.15) is 23.1 Å². The first-order valence-corrected chi connectivity index (χ1v) is 11.6. The number of nitrogens with one attached hydrogen (secondary N) is 1. The Balaban J connectivity index is 0.00000306. The topological polar surface area (TPSA) is 38.3 Å². The monoisotopic (exact) mass is 498 g/mol. The Labute approximate surface area is 202 Å². The van der Waals surface area contributed by atoms with E-state index >= 15 is 0 Å². The van der Waals surface area contributed by atoms with Crippen LogP contribution < -0.4 is 22.5 Å². The van der Waals surface area contributed by atoms with Gasteiger partial charge in [0.15, 0.2) is 0 Å². The number of nitrogens with zero attached hydrogens (tertiary/aromatic N) is 1. The van der Waals surface area contributed by atoms with Gasteiger partial charge in [0.1, 0.15) is 18.9 Å². The average molecular weight is 499 g/mol. The predicted molar refractivity (Wildman–Crippen MR) is 122 cm³/mol. The van der Waals surface area contributed by atoms with Crippen LogP contribution in [0.3, 0.4) is 0 Å². The van der Waals surface area contributed by atoms with Gasteiger partial charge in [0, 0.05) is 29.0 Å². The molecule has 1 unspecified atom stereocenters. The molecular formula is C24H26ClF3N2O2S. The largest absolute Gasteiger partial charge is 1.00 e. The van der Waals surface area contributed by atoms with Crippen LogP contribution in [0.2, 0.25) is 0 Å². The molecule has 0 bridgehead atoms. The number of quaternary nitrogens is 1.